The van der Waals surface area contributed by atoms with Gasteiger partial charge in [-0.05, 0) is 13.8 Å². The molecule has 0 fully saturated rings. The van der Waals surface area contributed by atoms with E-state index in [-0.39, 0.29) is 4.87 Å². The number of hydrogen-bond donors (Lipinski definition) is 0. The highest BCUT2D eigenvalue weighted by molar-refractivity contribution is 7.14. The molecule has 0 saturated carbocycles. The van der Waals surface area contributed by atoms with Crippen molar-refractivity contribution in [2.45, 2.75) is 20.4 Å². The van der Waals surface area contributed by atoms with Crippen LogP contribution in [0.15, 0.2) is 10.2 Å². The fraction of sp³-hybridized carbons (Fsp3) is 0.333. The summed E-state index contributed by atoms with van der Waals surface area (Å²) < 4.78 is 2.24. The second-order valence-electron chi connectivity index (χ2n) is 3.19. The third-order valence-electron chi connectivity index (χ3n) is 2.22. The summed E-state index contributed by atoms with van der Waals surface area (Å²) in [6.45, 7) is 4.41. The smallest absolute Gasteiger partial charge is 0.297 e. The Labute approximate surface area is 100.0 Å². The van der Waals surface area contributed by atoms with Crippen molar-refractivity contribution in [2.75, 3.05) is 0 Å². The van der Waals surface area contributed by atoms with E-state index in [2.05, 4.69) is 4.98 Å². The zero-order valence-corrected chi connectivity index (χ0v) is 10.7. The van der Waals surface area contributed by atoms with Gasteiger partial charge in [0.1, 0.15) is 0 Å². The molecule has 0 aromatic carbocycles. The molecular weight excluding hydrogens is 252 g/mol. The summed E-state index contributed by atoms with van der Waals surface area (Å²) >= 11 is 8.39. The maximum absolute atomic E-state index is 11.6. The van der Waals surface area contributed by atoms with E-state index < -0.39 is 0 Å². The van der Waals surface area contributed by atoms with Crippen LogP contribution in [0, 0.1) is 13.8 Å². The highest BCUT2D eigenvalue weighted by Crippen LogP contribution is 2.17. The van der Waals surface area contributed by atoms with Crippen LogP contribution in [0.5, 0.6) is 0 Å². The van der Waals surface area contributed by atoms with Crippen molar-refractivity contribution in [1.29, 1.82) is 0 Å². The third kappa shape index (κ3) is 2.14. The molecule has 2 aromatic heterocycles. The quantitative estimate of drug-likeness (QED) is 0.832. The van der Waals surface area contributed by atoms with Gasteiger partial charge in [-0.1, -0.05) is 22.9 Å². The van der Waals surface area contributed by atoms with Crippen LogP contribution >= 0.6 is 34.3 Å². The Morgan fingerprint density at radius 3 is 2.73 bits per heavy atom. The van der Waals surface area contributed by atoms with Crippen LogP contribution in [0.25, 0.3) is 0 Å². The van der Waals surface area contributed by atoms with E-state index in [0.717, 1.165) is 16.3 Å². The second kappa shape index (κ2) is 4.08. The normalized spacial score (nSPS) is 10.9. The maximum atomic E-state index is 11.6. The van der Waals surface area contributed by atoms with Gasteiger partial charge in [-0.2, -0.15) is 0 Å². The number of aromatic nitrogens is 2. The third-order valence-corrected chi connectivity index (χ3v) is 4.24. The van der Waals surface area contributed by atoms with Crippen molar-refractivity contribution in [3.8, 4) is 0 Å². The summed E-state index contributed by atoms with van der Waals surface area (Å²) in [7, 11) is 0. The standard InChI is InChI=1S/C9H9ClN2OS2/c1-5-6(2)15-9(13)12(5)3-7-4-14-8(10)11-7/h4H,3H2,1-2H3. The SMILES string of the molecule is Cc1sc(=O)n(Cc2csc(Cl)n2)c1C. The van der Waals surface area contributed by atoms with Crippen LogP contribution in [-0.4, -0.2) is 9.55 Å². The summed E-state index contributed by atoms with van der Waals surface area (Å²) in [4.78, 5) is 16.8. The number of aryl methyl sites for hydroxylation is 1. The van der Waals surface area contributed by atoms with Crippen molar-refractivity contribution in [2.24, 2.45) is 0 Å². The summed E-state index contributed by atoms with van der Waals surface area (Å²) in [5, 5.41) is 1.88. The first-order valence-electron chi connectivity index (χ1n) is 4.34. The lowest BCUT2D eigenvalue weighted by Gasteiger charge is -2.01. The number of rotatable bonds is 2. The first kappa shape index (κ1) is 10.9. The molecule has 0 aliphatic heterocycles. The lowest BCUT2D eigenvalue weighted by molar-refractivity contribution is 0.737. The maximum Gasteiger partial charge on any atom is 0.307 e. The Hall–Kier alpha value is -0.650. The van der Waals surface area contributed by atoms with Gasteiger partial charge in [0.15, 0.2) is 4.47 Å². The first-order chi connectivity index (χ1) is 7.08. The van der Waals surface area contributed by atoms with E-state index in [1.807, 2.05) is 19.2 Å². The fourth-order valence-corrected chi connectivity index (χ4v) is 2.89. The number of hydrogen-bond acceptors (Lipinski definition) is 4. The number of halogens is 1. The molecule has 0 bridgehead atoms. The predicted molar refractivity (Wildman–Crippen MR) is 64.3 cm³/mol. The van der Waals surface area contributed by atoms with Crippen molar-refractivity contribution in [3.05, 3.63) is 35.8 Å². The average molecular weight is 261 g/mol. The van der Waals surface area contributed by atoms with Gasteiger partial charge in [-0.25, -0.2) is 4.98 Å². The molecule has 0 unspecified atom stereocenters. The van der Waals surface area contributed by atoms with E-state index >= 15 is 0 Å². The van der Waals surface area contributed by atoms with E-state index in [9.17, 15) is 4.79 Å². The van der Waals surface area contributed by atoms with Crippen LogP contribution in [0.2, 0.25) is 4.47 Å². The van der Waals surface area contributed by atoms with Gasteiger partial charge in [0.05, 0.1) is 12.2 Å². The van der Waals surface area contributed by atoms with Gasteiger partial charge in [0.25, 0.3) is 0 Å². The lowest BCUT2D eigenvalue weighted by Crippen LogP contribution is -2.15. The summed E-state index contributed by atoms with van der Waals surface area (Å²) in [6.07, 6.45) is 0. The van der Waals surface area contributed by atoms with Gasteiger partial charge in [-0.15, -0.1) is 11.3 Å². The van der Waals surface area contributed by atoms with E-state index in [4.69, 9.17) is 11.6 Å². The molecule has 80 valence electrons. The molecule has 15 heavy (non-hydrogen) atoms. The molecule has 0 atom stereocenters. The minimum absolute atomic E-state index is 0.0640. The first-order valence-corrected chi connectivity index (χ1v) is 6.42. The summed E-state index contributed by atoms with van der Waals surface area (Å²) in [5.41, 5.74) is 1.85. The number of thiazole rings is 2. The molecule has 0 aliphatic rings. The van der Waals surface area contributed by atoms with Gasteiger partial charge in [0.2, 0.25) is 0 Å². The second-order valence-corrected chi connectivity index (χ2v) is 5.79. The molecule has 0 aliphatic carbocycles. The Kier molecular flexibility index (Phi) is 2.95. The molecule has 0 saturated heterocycles. The van der Waals surface area contributed by atoms with Crippen LogP contribution in [0.1, 0.15) is 16.3 Å². The lowest BCUT2D eigenvalue weighted by atomic mass is 10.4. The zero-order chi connectivity index (χ0) is 11.0. The van der Waals surface area contributed by atoms with Crippen molar-refractivity contribution >= 4 is 34.3 Å². The minimum Gasteiger partial charge on any atom is -0.297 e. The monoisotopic (exact) mass is 260 g/mol. The molecule has 0 spiro atoms. The molecule has 2 aromatic rings. The Balaban J connectivity index is 2.36. The highest BCUT2D eigenvalue weighted by atomic mass is 35.5. The van der Waals surface area contributed by atoms with Crippen LogP contribution < -0.4 is 4.87 Å². The molecule has 0 N–H and O–H groups in total. The van der Waals surface area contributed by atoms with Crippen LogP contribution in [0.4, 0.5) is 0 Å². The molecule has 2 rings (SSSR count). The topological polar surface area (TPSA) is 34.9 Å². The van der Waals surface area contributed by atoms with Gasteiger partial charge in [0, 0.05) is 16.0 Å². The molecule has 6 heteroatoms. The minimum atomic E-state index is 0.0640. The van der Waals surface area contributed by atoms with Crippen molar-refractivity contribution in [1.82, 2.24) is 9.55 Å². The molecule has 0 amide bonds. The molecule has 0 radical (unpaired) electrons. The van der Waals surface area contributed by atoms with Gasteiger partial charge in [-0.3, -0.25) is 9.36 Å². The Morgan fingerprint density at radius 1 is 1.53 bits per heavy atom. The fourth-order valence-electron chi connectivity index (χ4n) is 1.29. The van der Waals surface area contributed by atoms with Gasteiger partial charge >= 0.3 is 4.87 Å². The number of nitrogens with zero attached hydrogens (tertiary/aromatic N) is 2. The molecule has 2 heterocycles. The van der Waals surface area contributed by atoms with Crippen LogP contribution in [-0.2, 0) is 6.54 Å². The average Bonchev–Trinajstić information content (AvgIpc) is 2.67. The summed E-state index contributed by atoms with van der Waals surface area (Å²) in [6, 6.07) is 0. The van der Waals surface area contributed by atoms with Crippen molar-refractivity contribution in [3.63, 3.8) is 0 Å². The van der Waals surface area contributed by atoms with E-state index in [1.54, 1.807) is 4.57 Å². The highest BCUT2D eigenvalue weighted by Gasteiger charge is 2.09. The van der Waals surface area contributed by atoms with E-state index in [0.29, 0.717) is 11.0 Å². The molecule has 3 nitrogen and oxygen atoms in total. The molecular formula is C9H9ClN2OS2. The largest absolute Gasteiger partial charge is 0.307 e. The zero-order valence-electron chi connectivity index (χ0n) is 8.28. The van der Waals surface area contributed by atoms with Gasteiger partial charge < -0.3 is 0 Å². The van der Waals surface area contributed by atoms with Crippen LogP contribution in [0.3, 0.4) is 0 Å². The van der Waals surface area contributed by atoms with E-state index in [1.165, 1.54) is 22.7 Å². The van der Waals surface area contributed by atoms with Crippen molar-refractivity contribution < 1.29 is 0 Å². The Morgan fingerprint density at radius 2 is 2.27 bits per heavy atom. The predicted octanol–water partition coefficient (Wildman–Crippen LogP) is 2.68. The summed E-state index contributed by atoms with van der Waals surface area (Å²) in [5.74, 6) is 0. The Bertz CT molecular complexity index is 541.